The number of urea groups is 1. The van der Waals surface area contributed by atoms with Crippen LogP contribution >= 0.6 is 0 Å². The fourth-order valence-electron chi connectivity index (χ4n) is 2.43. The number of carbonyl (C=O) groups is 2. The lowest BCUT2D eigenvalue weighted by atomic mass is 9.92. The van der Waals surface area contributed by atoms with Crippen LogP contribution in [-0.4, -0.2) is 23.9 Å². The van der Waals surface area contributed by atoms with Crippen molar-refractivity contribution in [1.29, 1.82) is 0 Å². The van der Waals surface area contributed by atoms with Gasteiger partial charge in [0.05, 0.1) is 0 Å². The number of hydrogen-bond donors (Lipinski definition) is 3. The lowest BCUT2D eigenvalue weighted by molar-refractivity contribution is 0.101. The molecule has 1 aliphatic rings. The van der Waals surface area contributed by atoms with Crippen LogP contribution in [-0.2, 0) is 0 Å². The van der Waals surface area contributed by atoms with Crippen LogP contribution in [0.3, 0.4) is 0 Å². The molecule has 0 heterocycles. The number of ketones is 1. The molecule has 1 fully saturated rings. The van der Waals surface area contributed by atoms with Crippen molar-refractivity contribution in [3.8, 4) is 0 Å². The second-order valence-electron chi connectivity index (χ2n) is 5.35. The Kier molecular flexibility index (Phi) is 4.74. The van der Waals surface area contributed by atoms with Gasteiger partial charge in [-0.2, -0.15) is 0 Å². The summed E-state index contributed by atoms with van der Waals surface area (Å²) in [5.74, 6) is -0.0182. The first-order valence-electron chi connectivity index (χ1n) is 6.98. The average Bonchev–Trinajstić information content (AvgIpc) is 2.41. The Morgan fingerprint density at radius 2 is 1.90 bits per heavy atom. The van der Waals surface area contributed by atoms with E-state index in [1.54, 1.807) is 24.3 Å². The van der Waals surface area contributed by atoms with Crippen molar-refractivity contribution in [3.63, 3.8) is 0 Å². The normalized spacial score (nSPS) is 22.1. The summed E-state index contributed by atoms with van der Waals surface area (Å²) in [6, 6.07) is 7.15. The molecule has 1 saturated carbocycles. The number of Topliss-reactive ketones (excluding diaryl/α,β-unsaturated/α-hetero) is 1. The molecule has 2 rings (SSSR count). The van der Waals surface area contributed by atoms with E-state index in [9.17, 15) is 9.59 Å². The van der Waals surface area contributed by atoms with E-state index in [1.165, 1.54) is 6.92 Å². The van der Waals surface area contributed by atoms with Crippen LogP contribution in [0.15, 0.2) is 24.3 Å². The highest BCUT2D eigenvalue weighted by molar-refractivity contribution is 5.96. The molecule has 0 aromatic heterocycles. The van der Waals surface area contributed by atoms with Gasteiger partial charge in [-0.25, -0.2) is 4.79 Å². The van der Waals surface area contributed by atoms with Gasteiger partial charge in [0.25, 0.3) is 0 Å². The van der Waals surface area contributed by atoms with Gasteiger partial charge in [0, 0.05) is 23.3 Å². The number of rotatable bonds is 3. The number of amides is 2. The molecule has 1 aromatic rings. The summed E-state index contributed by atoms with van der Waals surface area (Å²) in [6.07, 6.45) is 3.74. The number of nitrogens with one attached hydrogen (secondary N) is 2. The minimum absolute atomic E-state index is 0.0182. The first-order valence-corrected chi connectivity index (χ1v) is 6.98. The third-order valence-corrected chi connectivity index (χ3v) is 3.63. The maximum Gasteiger partial charge on any atom is 0.319 e. The second-order valence-corrected chi connectivity index (χ2v) is 5.35. The fourth-order valence-corrected chi connectivity index (χ4v) is 2.43. The number of hydrogen-bond acceptors (Lipinski definition) is 3. The Labute approximate surface area is 118 Å². The molecule has 2 amide bonds. The molecule has 0 aliphatic heterocycles. The Hall–Kier alpha value is -1.88. The lowest BCUT2D eigenvalue weighted by Crippen LogP contribution is -2.42. The zero-order chi connectivity index (χ0) is 14.5. The van der Waals surface area contributed by atoms with Gasteiger partial charge >= 0.3 is 6.03 Å². The fraction of sp³-hybridized carbons (Fsp3) is 0.467. The van der Waals surface area contributed by atoms with Crippen molar-refractivity contribution < 1.29 is 9.59 Å². The van der Waals surface area contributed by atoms with Crippen molar-refractivity contribution in [3.05, 3.63) is 29.8 Å². The largest absolute Gasteiger partial charge is 0.335 e. The number of carbonyl (C=O) groups excluding carboxylic acids is 2. The zero-order valence-electron chi connectivity index (χ0n) is 11.7. The third kappa shape index (κ3) is 4.06. The summed E-state index contributed by atoms with van der Waals surface area (Å²) in [5, 5.41) is 5.71. The first kappa shape index (κ1) is 14.5. The SMILES string of the molecule is CC(=O)c1cccc(NC(=O)NC2CCC(N)CC2)c1. The Balaban J connectivity index is 1.88. The van der Waals surface area contributed by atoms with Crippen molar-refractivity contribution in [1.82, 2.24) is 5.32 Å². The topological polar surface area (TPSA) is 84.2 Å². The van der Waals surface area contributed by atoms with Crippen LogP contribution in [0.1, 0.15) is 43.0 Å². The maximum atomic E-state index is 11.9. The second kappa shape index (κ2) is 6.52. The smallest absolute Gasteiger partial charge is 0.319 e. The molecule has 5 nitrogen and oxygen atoms in total. The quantitative estimate of drug-likeness (QED) is 0.740. The molecule has 0 radical (unpaired) electrons. The number of benzene rings is 1. The van der Waals surface area contributed by atoms with Crippen molar-refractivity contribution in [2.24, 2.45) is 5.73 Å². The van der Waals surface area contributed by atoms with Gasteiger partial charge in [0.2, 0.25) is 0 Å². The van der Waals surface area contributed by atoms with Crippen molar-refractivity contribution in [2.45, 2.75) is 44.7 Å². The Morgan fingerprint density at radius 1 is 1.20 bits per heavy atom. The van der Waals surface area contributed by atoms with Crippen molar-refractivity contribution >= 4 is 17.5 Å². The van der Waals surface area contributed by atoms with E-state index in [2.05, 4.69) is 10.6 Å². The first-order chi connectivity index (χ1) is 9.54. The predicted molar refractivity (Wildman–Crippen MR) is 78.8 cm³/mol. The highest BCUT2D eigenvalue weighted by atomic mass is 16.2. The molecular formula is C15H21N3O2. The molecule has 4 N–H and O–H groups in total. The Bertz CT molecular complexity index is 494. The highest BCUT2D eigenvalue weighted by Gasteiger charge is 2.19. The molecular weight excluding hydrogens is 254 g/mol. The molecule has 0 atom stereocenters. The van der Waals surface area contributed by atoms with Crippen LogP contribution in [0.25, 0.3) is 0 Å². The van der Waals surface area contributed by atoms with E-state index in [-0.39, 0.29) is 23.9 Å². The summed E-state index contributed by atoms with van der Waals surface area (Å²) in [7, 11) is 0. The monoisotopic (exact) mass is 275 g/mol. The van der Waals surface area contributed by atoms with Gasteiger partial charge in [0.15, 0.2) is 5.78 Å². The molecule has 1 aliphatic carbocycles. The van der Waals surface area contributed by atoms with Crippen LogP contribution in [0.5, 0.6) is 0 Å². The van der Waals surface area contributed by atoms with Gasteiger partial charge in [-0.05, 0) is 44.7 Å². The molecule has 0 unspecified atom stereocenters. The van der Waals surface area contributed by atoms with Gasteiger partial charge in [-0.1, -0.05) is 12.1 Å². The lowest BCUT2D eigenvalue weighted by Gasteiger charge is -2.26. The van der Waals surface area contributed by atoms with Crippen LogP contribution in [0.4, 0.5) is 10.5 Å². The molecule has 108 valence electrons. The predicted octanol–water partition coefficient (Wildman–Crippen LogP) is 2.28. The van der Waals surface area contributed by atoms with E-state index in [0.29, 0.717) is 11.3 Å². The Morgan fingerprint density at radius 3 is 2.55 bits per heavy atom. The van der Waals surface area contributed by atoms with Gasteiger partial charge < -0.3 is 16.4 Å². The summed E-state index contributed by atoms with van der Waals surface area (Å²) >= 11 is 0. The van der Waals surface area contributed by atoms with Gasteiger partial charge in [0.1, 0.15) is 0 Å². The average molecular weight is 275 g/mol. The molecule has 1 aromatic carbocycles. The highest BCUT2D eigenvalue weighted by Crippen LogP contribution is 2.17. The summed E-state index contributed by atoms with van der Waals surface area (Å²) in [5.41, 5.74) is 7.05. The summed E-state index contributed by atoms with van der Waals surface area (Å²) in [4.78, 5) is 23.2. The summed E-state index contributed by atoms with van der Waals surface area (Å²) < 4.78 is 0. The molecule has 0 bridgehead atoms. The third-order valence-electron chi connectivity index (χ3n) is 3.63. The van der Waals surface area contributed by atoms with Crippen molar-refractivity contribution in [2.75, 3.05) is 5.32 Å². The van der Waals surface area contributed by atoms with E-state index in [0.717, 1.165) is 25.7 Å². The van der Waals surface area contributed by atoms with E-state index in [1.807, 2.05) is 0 Å². The molecule has 5 heteroatoms. The standard InChI is InChI=1S/C15H21N3O2/c1-10(19)11-3-2-4-14(9-11)18-15(20)17-13-7-5-12(16)6-8-13/h2-4,9,12-13H,5-8,16H2,1H3,(H2,17,18,20). The minimum atomic E-state index is -0.230. The molecule has 20 heavy (non-hydrogen) atoms. The number of nitrogens with two attached hydrogens (primary N) is 1. The van der Waals surface area contributed by atoms with Crippen LogP contribution in [0.2, 0.25) is 0 Å². The molecule has 0 spiro atoms. The number of anilines is 1. The summed E-state index contributed by atoms with van der Waals surface area (Å²) in [6.45, 7) is 1.50. The zero-order valence-corrected chi connectivity index (χ0v) is 11.7. The van der Waals surface area contributed by atoms with E-state index < -0.39 is 0 Å². The van der Waals surface area contributed by atoms with Crippen LogP contribution < -0.4 is 16.4 Å². The van der Waals surface area contributed by atoms with Gasteiger partial charge in [-0.15, -0.1) is 0 Å². The molecule has 0 saturated heterocycles. The van der Waals surface area contributed by atoms with Crippen LogP contribution in [0, 0.1) is 0 Å². The van der Waals surface area contributed by atoms with E-state index >= 15 is 0 Å². The van der Waals surface area contributed by atoms with E-state index in [4.69, 9.17) is 5.73 Å². The van der Waals surface area contributed by atoms with Gasteiger partial charge in [-0.3, -0.25) is 4.79 Å². The minimum Gasteiger partial charge on any atom is -0.335 e. The maximum absolute atomic E-state index is 11.9.